The molecule has 0 radical (unpaired) electrons. The molecule has 1 aromatic carbocycles. The van der Waals surface area contributed by atoms with Gasteiger partial charge < -0.3 is 30.1 Å². The van der Waals surface area contributed by atoms with Crippen LogP contribution in [-0.2, 0) is 14.9 Å². The maximum absolute atomic E-state index is 12.2. The van der Waals surface area contributed by atoms with Crippen LogP contribution in [-0.4, -0.2) is 61.2 Å². The van der Waals surface area contributed by atoms with Gasteiger partial charge in [-0.2, -0.15) is 0 Å². The van der Waals surface area contributed by atoms with Gasteiger partial charge in [-0.1, -0.05) is 20.8 Å². The number of carbonyl (C=O) groups is 2. The highest BCUT2D eigenvalue weighted by Crippen LogP contribution is 2.42. The van der Waals surface area contributed by atoms with Crippen molar-refractivity contribution < 1.29 is 24.2 Å². The maximum Gasteiger partial charge on any atom is 0.407 e. The van der Waals surface area contributed by atoms with Gasteiger partial charge in [-0.3, -0.25) is 0 Å². The third-order valence-electron chi connectivity index (χ3n) is 5.98. The van der Waals surface area contributed by atoms with Crippen LogP contribution < -0.4 is 15.5 Å². The minimum absolute atomic E-state index is 0.0290. The number of anilines is 2. The van der Waals surface area contributed by atoms with E-state index in [0.29, 0.717) is 25.4 Å². The van der Waals surface area contributed by atoms with Crippen molar-refractivity contribution in [3.05, 3.63) is 23.3 Å². The molecule has 1 amide bonds. The third-order valence-corrected chi connectivity index (χ3v) is 5.98. The van der Waals surface area contributed by atoms with Crippen molar-refractivity contribution in [3.63, 3.8) is 0 Å². The van der Waals surface area contributed by atoms with Crippen LogP contribution in [0.1, 0.15) is 76.7 Å². The standard InChI is InChI=1S/C25H39N3O5/c1-24(2,3)20-19(28-12-9-17(15-28)27-23(31)33-25(4,5)6)8-7-18(22(29)30)21(20)26-16-10-13-32-14-11-16/h7-8,16-17,26H,9-15H2,1-6H3,(H,27,31)(H,29,30)/t17-/m0/s1. The van der Waals surface area contributed by atoms with Crippen LogP contribution in [0.25, 0.3) is 0 Å². The predicted molar refractivity (Wildman–Crippen MR) is 130 cm³/mol. The van der Waals surface area contributed by atoms with Gasteiger partial charge in [-0.05, 0) is 57.6 Å². The topological polar surface area (TPSA) is 100 Å². The zero-order chi connectivity index (χ0) is 24.4. The number of hydrogen-bond donors (Lipinski definition) is 3. The molecule has 3 rings (SSSR count). The van der Waals surface area contributed by atoms with Crippen LogP contribution in [0.4, 0.5) is 16.2 Å². The Morgan fingerprint density at radius 3 is 2.30 bits per heavy atom. The lowest BCUT2D eigenvalue weighted by atomic mass is 9.82. The third kappa shape index (κ3) is 6.53. The Kier molecular flexibility index (Phi) is 7.46. The maximum atomic E-state index is 12.2. The van der Waals surface area contributed by atoms with Crippen molar-refractivity contribution in [2.24, 2.45) is 0 Å². The SMILES string of the molecule is CC(C)(C)OC(=O)N[C@H]1CCN(c2ccc(C(=O)O)c(NC3CCOCC3)c2C(C)(C)C)C1. The molecule has 2 aliphatic rings. The molecule has 2 saturated heterocycles. The number of amides is 1. The molecule has 0 aliphatic carbocycles. The first-order valence-electron chi connectivity index (χ1n) is 11.8. The second-order valence-electron chi connectivity index (χ2n) is 11.0. The fourth-order valence-electron chi connectivity index (χ4n) is 4.56. The van der Waals surface area contributed by atoms with E-state index in [1.165, 1.54) is 0 Å². The van der Waals surface area contributed by atoms with Gasteiger partial charge in [0.2, 0.25) is 0 Å². The lowest BCUT2D eigenvalue weighted by Crippen LogP contribution is -2.40. The minimum atomic E-state index is -0.937. The summed E-state index contributed by atoms with van der Waals surface area (Å²) in [5.41, 5.74) is 2.16. The summed E-state index contributed by atoms with van der Waals surface area (Å²) >= 11 is 0. The molecule has 0 unspecified atom stereocenters. The zero-order valence-corrected chi connectivity index (χ0v) is 20.8. The number of carboxylic acid groups (broad SMARTS) is 1. The summed E-state index contributed by atoms with van der Waals surface area (Å²) in [6.45, 7) is 14.6. The van der Waals surface area contributed by atoms with E-state index in [0.717, 1.165) is 37.1 Å². The molecule has 0 saturated carbocycles. The number of benzene rings is 1. The second kappa shape index (κ2) is 9.79. The number of rotatable bonds is 5. The summed E-state index contributed by atoms with van der Waals surface area (Å²) in [5.74, 6) is -0.937. The fourth-order valence-corrected chi connectivity index (χ4v) is 4.56. The van der Waals surface area contributed by atoms with E-state index in [1.54, 1.807) is 6.07 Å². The van der Waals surface area contributed by atoms with E-state index in [2.05, 4.69) is 36.3 Å². The first-order chi connectivity index (χ1) is 15.3. The van der Waals surface area contributed by atoms with Crippen molar-refractivity contribution in [1.29, 1.82) is 0 Å². The van der Waals surface area contributed by atoms with E-state index in [1.807, 2.05) is 26.8 Å². The summed E-state index contributed by atoms with van der Waals surface area (Å²) in [4.78, 5) is 26.6. The number of nitrogens with one attached hydrogen (secondary N) is 2. The Hall–Kier alpha value is -2.48. The predicted octanol–water partition coefficient (Wildman–Crippen LogP) is 4.38. The Bertz CT molecular complexity index is 866. The summed E-state index contributed by atoms with van der Waals surface area (Å²) in [6, 6.07) is 3.75. The molecule has 0 bridgehead atoms. The van der Waals surface area contributed by atoms with E-state index in [9.17, 15) is 14.7 Å². The summed E-state index contributed by atoms with van der Waals surface area (Å²) in [7, 11) is 0. The quantitative estimate of drug-likeness (QED) is 0.598. The Morgan fingerprint density at radius 1 is 1.06 bits per heavy atom. The molecule has 1 atom stereocenters. The molecule has 33 heavy (non-hydrogen) atoms. The van der Waals surface area contributed by atoms with Gasteiger partial charge in [0.15, 0.2) is 0 Å². The Balaban J connectivity index is 1.89. The molecular formula is C25H39N3O5. The first-order valence-corrected chi connectivity index (χ1v) is 11.8. The minimum Gasteiger partial charge on any atom is -0.478 e. The van der Waals surface area contributed by atoms with E-state index in [-0.39, 0.29) is 23.1 Å². The van der Waals surface area contributed by atoms with Crippen molar-refractivity contribution in [2.75, 3.05) is 36.5 Å². The van der Waals surface area contributed by atoms with Crippen molar-refractivity contribution >= 4 is 23.4 Å². The lowest BCUT2D eigenvalue weighted by molar-refractivity contribution is 0.0508. The number of alkyl carbamates (subject to hydrolysis) is 1. The monoisotopic (exact) mass is 461 g/mol. The van der Waals surface area contributed by atoms with Gasteiger partial charge in [-0.25, -0.2) is 9.59 Å². The van der Waals surface area contributed by atoms with E-state index in [4.69, 9.17) is 9.47 Å². The highest BCUT2D eigenvalue weighted by atomic mass is 16.6. The molecule has 184 valence electrons. The number of ether oxygens (including phenoxy) is 2. The Morgan fingerprint density at radius 2 is 1.73 bits per heavy atom. The number of aromatic carboxylic acids is 1. The van der Waals surface area contributed by atoms with Crippen LogP contribution in [0.15, 0.2) is 12.1 Å². The van der Waals surface area contributed by atoms with Gasteiger partial charge in [0.1, 0.15) is 5.60 Å². The molecule has 3 N–H and O–H groups in total. The van der Waals surface area contributed by atoms with Gasteiger partial charge in [0.25, 0.3) is 0 Å². The normalized spacial score (nSPS) is 19.9. The van der Waals surface area contributed by atoms with E-state index >= 15 is 0 Å². The lowest BCUT2D eigenvalue weighted by Gasteiger charge is -2.34. The van der Waals surface area contributed by atoms with Crippen LogP contribution in [0.2, 0.25) is 0 Å². The number of carboxylic acids is 1. The molecule has 8 heteroatoms. The second-order valence-corrected chi connectivity index (χ2v) is 11.0. The van der Waals surface area contributed by atoms with Gasteiger partial charge in [0, 0.05) is 43.6 Å². The molecule has 2 heterocycles. The molecule has 0 spiro atoms. The van der Waals surface area contributed by atoms with Gasteiger partial charge in [0.05, 0.1) is 17.3 Å². The fraction of sp³-hybridized carbons (Fsp3) is 0.680. The Labute approximate surface area is 197 Å². The summed E-state index contributed by atoms with van der Waals surface area (Å²) < 4.78 is 10.9. The average molecular weight is 462 g/mol. The molecule has 8 nitrogen and oxygen atoms in total. The summed E-state index contributed by atoms with van der Waals surface area (Å²) in [6.07, 6.45) is 2.08. The highest BCUT2D eigenvalue weighted by Gasteiger charge is 2.33. The van der Waals surface area contributed by atoms with Crippen LogP contribution >= 0.6 is 0 Å². The van der Waals surface area contributed by atoms with Crippen LogP contribution in [0.5, 0.6) is 0 Å². The smallest absolute Gasteiger partial charge is 0.407 e. The average Bonchev–Trinajstić information content (AvgIpc) is 3.14. The van der Waals surface area contributed by atoms with E-state index < -0.39 is 17.7 Å². The molecule has 2 fully saturated rings. The van der Waals surface area contributed by atoms with Crippen molar-refractivity contribution in [3.8, 4) is 0 Å². The van der Waals surface area contributed by atoms with Crippen LogP contribution in [0.3, 0.4) is 0 Å². The van der Waals surface area contributed by atoms with Gasteiger partial charge in [-0.15, -0.1) is 0 Å². The molecule has 2 aliphatic heterocycles. The van der Waals surface area contributed by atoms with Gasteiger partial charge >= 0.3 is 12.1 Å². The molecule has 0 aromatic heterocycles. The number of nitrogens with zero attached hydrogens (tertiary/aromatic N) is 1. The number of carbonyl (C=O) groups excluding carboxylic acids is 1. The number of hydrogen-bond acceptors (Lipinski definition) is 6. The van der Waals surface area contributed by atoms with Crippen LogP contribution in [0, 0.1) is 0 Å². The largest absolute Gasteiger partial charge is 0.478 e. The summed E-state index contributed by atoms with van der Waals surface area (Å²) in [5, 5.41) is 16.5. The molecule has 1 aromatic rings. The zero-order valence-electron chi connectivity index (χ0n) is 20.8. The highest BCUT2D eigenvalue weighted by molar-refractivity contribution is 5.97. The molecular weight excluding hydrogens is 422 g/mol. The van der Waals surface area contributed by atoms with Crippen molar-refractivity contribution in [2.45, 2.75) is 83.9 Å². The first kappa shape index (κ1) is 25.1. The van der Waals surface area contributed by atoms with Crippen molar-refractivity contribution in [1.82, 2.24) is 5.32 Å².